The van der Waals surface area contributed by atoms with Crippen LogP contribution < -0.4 is 5.32 Å². The van der Waals surface area contributed by atoms with Crippen molar-refractivity contribution >= 4 is 0 Å². The number of ether oxygens (including phenoxy) is 1. The van der Waals surface area contributed by atoms with Crippen LogP contribution >= 0.6 is 0 Å². The van der Waals surface area contributed by atoms with Gasteiger partial charge in [-0.15, -0.1) is 0 Å². The van der Waals surface area contributed by atoms with Crippen molar-refractivity contribution in [2.45, 2.75) is 31.7 Å². The molecule has 0 aromatic heterocycles. The van der Waals surface area contributed by atoms with Crippen molar-refractivity contribution in [3.05, 3.63) is 0 Å². The van der Waals surface area contributed by atoms with Crippen molar-refractivity contribution in [3.63, 3.8) is 0 Å². The first-order chi connectivity index (χ1) is 8.38. The number of hydrogen-bond acceptors (Lipinski definition) is 4. The molecule has 0 aromatic carbocycles. The zero-order valence-corrected chi connectivity index (χ0v) is 10.5. The van der Waals surface area contributed by atoms with Gasteiger partial charge in [0.05, 0.1) is 19.3 Å². The summed E-state index contributed by atoms with van der Waals surface area (Å²) in [7, 11) is 0. The molecule has 1 aliphatic carbocycles. The summed E-state index contributed by atoms with van der Waals surface area (Å²) in [5.41, 5.74) is 0. The summed E-state index contributed by atoms with van der Waals surface area (Å²) in [5, 5.41) is 12.5. The largest absolute Gasteiger partial charge is 0.379 e. The molecule has 0 unspecified atom stereocenters. The molecule has 1 saturated heterocycles. The van der Waals surface area contributed by atoms with Crippen molar-refractivity contribution in [1.29, 1.82) is 5.26 Å². The molecule has 17 heavy (non-hydrogen) atoms. The lowest BCUT2D eigenvalue weighted by atomic mass is 9.87. The molecule has 2 rings (SSSR count). The molecule has 0 radical (unpaired) electrons. The van der Waals surface area contributed by atoms with Crippen molar-refractivity contribution in [2.75, 3.05) is 39.4 Å². The third-order valence-corrected chi connectivity index (χ3v) is 3.87. The van der Waals surface area contributed by atoms with E-state index in [-0.39, 0.29) is 0 Å². The summed E-state index contributed by atoms with van der Waals surface area (Å²) in [5.74, 6) is 0.312. The number of hydrogen-bond donors (Lipinski definition) is 1. The second-order valence-corrected chi connectivity index (χ2v) is 5.09. The summed E-state index contributed by atoms with van der Waals surface area (Å²) in [6.45, 7) is 6.11. The predicted octanol–water partition coefficient (Wildman–Crippen LogP) is 0.991. The molecule has 4 nitrogen and oxygen atoms in total. The summed E-state index contributed by atoms with van der Waals surface area (Å²) in [4.78, 5) is 2.46. The van der Waals surface area contributed by atoms with Crippen LogP contribution in [0.15, 0.2) is 0 Å². The first kappa shape index (κ1) is 12.8. The van der Waals surface area contributed by atoms with E-state index in [1.807, 2.05) is 0 Å². The fourth-order valence-electron chi connectivity index (χ4n) is 2.68. The molecular weight excluding hydrogens is 214 g/mol. The minimum Gasteiger partial charge on any atom is -0.379 e. The molecular formula is C13H23N3O. The van der Waals surface area contributed by atoms with Gasteiger partial charge >= 0.3 is 0 Å². The minimum absolute atomic E-state index is 0.312. The number of nitrogens with one attached hydrogen (secondary N) is 1. The van der Waals surface area contributed by atoms with Gasteiger partial charge in [-0.1, -0.05) is 0 Å². The Bertz CT molecular complexity index is 250. The molecule has 1 aliphatic heterocycles. The van der Waals surface area contributed by atoms with E-state index in [2.05, 4.69) is 16.3 Å². The first-order valence-electron chi connectivity index (χ1n) is 6.81. The van der Waals surface area contributed by atoms with Crippen LogP contribution in [-0.4, -0.2) is 50.3 Å². The lowest BCUT2D eigenvalue weighted by molar-refractivity contribution is 0.0379. The normalized spacial score (nSPS) is 31.0. The second kappa shape index (κ2) is 6.95. The average molecular weight is 237 g/mol. The fourth-order valence-corrected chi connectivity index (χ4v) is 2.68. The van der Waals surface area contributed by atoms with Gasteiger partial charge in [0.2, 0.25) is 0 Å². The first-order valence-corrected chi connectivity index (χ1v) is 6.81. The molecule has 0 spiro atoms. The van der Waals surface area contributed by atoms with Gasteiger partial charge < -0.3 is 10.1 Å². The second-order valence-electron chi connectivity index (χ2n) is 5.09. The summed E-state index contributed by atoms with van der Waals surface area (Å²) >= 11 is 0. The number of nitriles is 1. The van der Waals surface area contributed by atoms with Crippen molar-refractivity contribution in [1.82, 2.24) is 10.2 Å². The van der Waals surface area contributed by atoms with Crippen LogP contribution in [-0.2, 0) is 4.74 Å². The maximum absolute atomic E-state index is 8.83. The van der Waals surface area contributed by atoms with E-state index in [0.29, 0.717) is 12.0 Å². The van der Waals surface area contributed by atoms with Crippen molar-refractivity contribution in [2.24, 2.45) is 5.92 Å². The Morgan fingerprint density at radius 1 is 1.18 bits per heavy atom. The van der Waals surface area contributed by atoms with E-state index in [1.165, 1.54) is 12.8 Å². The topological polar surface area (TPSA) is 48.3 Å². The van der Waals surface area contributed by atoms with Gasteiger partial charge in [0.15, 0.2) is 0 Å². The molecule has 0 atom stereocenters. The number of rotatable bonds is 4. The molecule has 1 heterocycles. The highest BCUT2D eigenvalue weighted by atomic mass is 16.5. The van der Waals surface area contributed by atoms with Gasteiger partial charge in [0.1, 0.15) is 0 Å². The lowest BCUT2D eigenvalue weighted by Crippen LogP contribution is -2.43. The standard InChI is InChI=1S/C13H23N3O/c14-11-12-1-3-13(4-2-12)15-5-6-16-7-9-17-10-8-16/h12-13,15H,1-10H2. The van der Waals surface area contributed by atoms with Crippen LogP contribution in [0.1, 0.15) is 25.7 Å². The van der Waals surface area contributed by atoms with Gasteiger partial charge in [-0.3, -0.25) is 4.90 Å². The van der Waals surface area contributed by atoms with E-state index in [0.717, 1.165) is 52.2 Å². The molecule has 0 aromatic rings. The quantitative estimate of drug-likeness (QED) is 0.792. The zero-order valence-electron chi connectivity index (χ0n) is 10.5. The Morgan fingerprint density at radius 2 is 1.88 bits per heavy atom. The maximum atomic E-state index is 8.83. The van der Waals surface area contributed by atoms with Gasteiger partial charge in [0.25, 0.3) is 0 Å². The van der Waals surface area contributed by atoms with Crippen LogP contribution in [0, 0.1) is 17.2 Å². The van der Waals surface area contributed by atoms with Crippen molar-refractivity contribution in [3.8, 4) is 6.07 Å². The number of nitrogens with zero attached hydrogens (tertiary/aromatic N) is 2. The monoisotopic (exact) mass is 237 g/mol. The SMILES string of the molecule is N#CC1CCC(NCCN2CCOCC2)CC1. The smallest absolute Gasteiger partial charge is 0.0655 e. The highest BCUT2D eigenvalue weighted by molar-refractivity contribution is 4.89. The van der Waals surface area contributed by atoms with Crippen LogP contribution in [0.25, 0.3) is 0 Å². The van der Waals surface area contributed by atoms with E-state index < -0.39 is 0 Å². The average Bonchev–Trinajstić information content (AvgIpc) is 2.41. The Kier molecular flexibility index (Phi) is 5.24. The van der Waals surface area contributed by atoms with Crippen LogP contribution in [0.4, 0.5) is 0 Å². The molecule has 1 N–H and O–H groups in total. The maximum Gasteiger partial charge on any atom is 0.0655 e. The molecule has 96 valence electrons. The minimum atomic E-state index is 0.312. The molecule has 2 fully saturated rings. The van der Waals surface area contributed by atoms with Gasteiger partial charge in [0, 0.05) is 38.1 Å². The molecule has 4 heteroatoms. The van der Waals surface area contributed by atoms with Gasteiger partial charge in [-0.25, -0.2) is 0 Å². The van der Waals surface area contributed by atoms with E-state index in [4.69, 9.17) is 10.00 Å². The van der Waals surface area contributed by atoms with E-state index >= 15 is 0 Å². The third kappa shape index (κ3) is 4.27. The van der Waals surface area contributed by atoms with Crippen LogP contribution in [0.5, 0.6) is 0 Å². The molecule has 1 saturated carbocycles. The highest BCUT2D eigenvalue weighted by Gasteiger charge is 2.20. The predicted molar refractivity (Wildman–Crippen MR) is 66.6 cm³/mol. The third-order valence-electron chi connectivity index (χ3n) is 3.87. The van der Waals surface area contributed by atoms with Gasteiger partial charge in [-0.2, -0.15) is 5.26 Å². The summed E-state index contributed by atoms with van der Waals surface area (Å²) < 4.78 is 5.33. The lowest BCUT2D eigenvalue weighted by Gasteiger charge is -2.29. The Morgan fingerprint density at radius 3 is 2.53 bits per heavy atom. The molecule has 2 aliphatic rings. The zero-order chi connectivity index (χ0) is 11.9. The van der Waals surface area contributed by atoms with Crippen molar-refractivity contribution < 1.29 is 4.74 Å². The summed E-state index contributed by atoms with van der Waals surface area (Å²) in [6, 6.07) is 3.02. The highest BCUT2D eigenvalue weighted by Crippen LogP contribution is 2.23. The molecule has 0 amide bonds. The van der Waals surface area contributed by atoms with E-state index in [1.54, 1.807) is 0 Å². The van der Waals surface area contributed by atoms with Gasteiger partial charge in [-0.05, 0) is 25.7 Å². The van der Waals surface area contributed by atoms with Crippen LogP contribution in [0.2, 0.25) is 0 Å². The number of morpholine rings is 1. The van der Waals surface area contributed by atoms with E-state index in [9.17, 15) is 0 Å². The fraction of sp³-hybridized carbons (Fsp3) is 0.923. The Balaban J connectivity index is 1.55. The molecule has 0 bridgehead atoms. The summed E-state index contributed by atoms with van der Waals surface area (Å²) in [6.07, 6.45) is 4.49. The van der Waals surface area contributed by atoms with Crippen LogP contribution in [0.3, 0.4) is 0 Å². The Hall–Kier alpha value is -0.630. The Labute approximate surface area is 104 Å².